The molecule has 1 aromatic heterocycles. The second-order valence-corrected chi connectivity index (χ2v) is 10.5. The van der Waals surface area contributed by atoms with Crippen LogP contribution in [-0.4, -0.2) is 50.5 Å². The fourth-order valence-electron chi connectivity index (χ4n) is 5.84. The number of hydrogen-bond acceptors (Lipinski definition) is 4. The number of carbonyl (C=O) groups excluding carboxylic acids is 1. The molecule has 0 saturated heterocycles. The van der Waals surface area contributed by atoms with E-state index in [2.05, 4.69) is 56.3 Å². The Labute approximate surface area is 215 Å². The van der Waals surface area contributed by atoms with Crippen molar-refractivity contribution in [1.29, 1.82) is 0 Å². The number of aryl methyl sites for hydroxylation is 1. The Kier molecular flexibility index (Phi) is 8.44. The summed E-state index contributed by atoms with van der Waals surface area (Å²) in [5.74, 6) is 1.62. The Morgan fingerprint density at radius 3 is 2.39 bits per heavy atom. The largest absolute Gasteiger partial charge is 0.347 e. The molecule has 1 amide bonds. The van der Waals surface area contributed by atoms with E-state index in [4.69, 9.17) is 0 Å². The quantitative estimate of drug-likeness (QED) is 0.481. The number of nitrogens with zero attached hydrogens (tertiary/aromatic N) is 4. The molecule has 5 rings (SSSR count). The molecule has 0 atom stereocenters. The van der Waals surface area contributed by atoms with Gasteiger partial charge in [0.1, 0.15) is 11.5 Å². The van der Waals surface area contributed by atoms with Crippen molar-refractivity contribution < 1.29 is 4.79 Å². The zero-order valence-electron chi connectivity index (χ0n) is 21.3. The van der Waals surface area contributed by atoms with Gasteiger partial charge in [-0.3, -0.25) is 14.7 Å². The fraction of sp³-hybridized carbons (Fsp3) is 0.500. The fourth-order valence-corrected chi connectivity index (χ4v) is 5.84. The average Bonchev–Trinajstić information content (AvgIpc) is 3.58. The molecule has 190 valence electrons. The van der Waals surface area contributed by atoms with Gasteiger partial charge < -0.3 is 9.88 Å². The van der Waals surface area contributed by atoms with Gasteiger partial charge in [-0.05, 0) is 68.4 Å². The number of aromatic nitrogens is 2. The number of H-pyrrole nitrogens is 1. The lowest BCUT2D eigenvalue weighted by molar-refractivity contribution is -0.125. The number of aliphatic imine (C=N–C) groups is 1. The summed E-state index contributed by atoms with van der Waals surface area (Å²) < 4.78 is 0. The second-order valence-electron chi connectivity index (χ2n) is 10.5. The Hall–Kier alpha value is -2.99. The first-order chi connectivity index (χ1) is 17.7. The highest BCUT2D eigenvalue weighted by molar-refractivity contribution is 6.39. The molecule has 3 aliphatic rings. The zero-order chi connectivity index (χ0) is 24.6. The lowest BCUT2D eigenvalue weighted by Gasteiger charge is -2.36. The van der Waals surface area contributed by atoms with E-state index in [9.17, 15) is 4.79 Å². The van der Waals surface area contributed by atoms with E-state index < -0.39 is 0 Å². The van der Waals surface area contributed by atoms with Gasteiger partial charge in [-0.25, -0.2) is 4.98 Å². The van der Waals surface area contributed by atoms with Crippen LogP contribution < -0.4 is 0 Å². The van der Waals surface area contributed by atoms with Crippen LogP contribution in [0.15, 0.2) is 66.1 Å². The molecule has 0 spiro atoms. The summed E-state index contributed by atoms with van der Waals surface area (Å²) in [6.07, 6.45) is 22.8. The molecule has 6 nitrogen and oxygen atoms in total. The number of rotatable bonds is 9. The van der Waals surface area contributed by atoms with Crippen LogP contribution in [0.5, 0.6) is 0 Å². The molecule has 2 aliphatic heterocycles. The molecule has 0 radical (unpaired) electrons. The van der Waals surface area contributed by atoms with Gasteiger partial charge in [-0.1, -0.05) is 42.5 Å². The van der Waals surface area contributed by atoms with Crippen molar-refractivity contribution in [3.05, 3.63) is 78.0 Å². The highest BCUT2D eigenvalue weighted by atomic mass is 16.2. The van der Waals surface area contributed by atoms with E-state index in [1.54, 1.807) is 18.6 Å². The van der Waals surface area contributed by atoms with Crippen molar-refractivity contribution in [3.63, 3.8) is 0 Å². The first kappa shape index (κ1) is 24.7. The van der Waals surface area contributed by atoms with Crippen molar-refractivity contribution in [2.24, 2.45) is 10.9 Å². The molecule has 1 aromatic carbocycles. The van der Waals surface area contributed by atoms with Gasteiger partial charge in [0.25, 0.3) is 5.91 Å². The summed E-state index contributed by atoms with van der Waals surface area (Å²) in [6.45, 7) is 3.49. The Bertz CT molecular complexity index is 1050. The van der Waals surface area contributed by atoms with Gasteiger partial charge in [0, 0.05) is 50.7 Å². The normalized spacial score (nSPS) is 22.4. The smallest absolute Gasteiger partial charge is 0.269 e. The third kappa shape index (κ3) is 6.61. The molecule has 1 saturated carbocycles. The summed E-state index contributed by atoms with van der Waals surface area (Å²) in [5, 5.41) is 0. The number of nitrogens with one attached hydrogen (secondary N) is 1. The number of hydrogen-bond donors (Lipinski definition) is 1. The maximum absolute atomic E-state index is 13.1. The summed E-state index contributed by atoms with van der Waals surface area (Å²) in [6, 6.07) is 9.65. The van der Waals surface area contributed by atoms with E-state index in [0.29, 0.717) is 25.2 Å². The lowest BCUT2D eigenvalue weighted by atomic mass is 9.82. The van der Waals surface area contributed by atoms with Crippen LogP contribution in [0.4, 0.5) is 0 Å². The summed E-state index contributed by atoms with van der Waals surface area (Å²) in [4.78, 5) is 29.3. The highest BCUT2D eigenvalue weighted by Crippen LogP contribution is 2.31. The molecular formula is C30H39N5O. The van der Waals surface area contributed by atoms with Crippen LogP contribution in [0.25, 0.3) is 0 Å². The van der Waals surface area contributed by atoms with Crippen molar-refractivity contribution in [2.75, 3.05) is 13.1 Å². The third-order valence-electron chi connectivity index (χ3n) is 7.98. The Balaban J connectivity index is 1.10. The maximum atomic E-state index is 13.1. The molecule has 1 fully saturated rings. The maximum Gasteiger partial charge on any atom is 0.269 e. The SMILES string of the molecule is O=C(C1=NC=CC1)N(Cc1ccc(CCC2CCC(N3CCC=CCC3)CC2)cc1)Cc1ncc[nH]1. The lowest BCUT2D eigenvalue weighted by Crippen LogP contribution is -2.38. The van der Waals surface area contributed by atoms with E-state index in [0.717, 1.165) is 29.8 Å². The van der Waals surface area contributed by atoms with Gasteiger partial charge in [-0.2, -0.15) is 0 Å². The molecule has 0 bridgehead atoms. The number of aromatic amines is 1. The van der Waals surface area contributed by atoms with Gasteiger partial charge >= 0.3 is 0 Å². The average molecular weight is 486 g/mol. The number of benzene rings is 1. The van der Waals surface area contributed by atoms with E-state index in [-0.39, 0.29) is 5.91 Å². The molecule has 36 heavy (non-hydrogen) atoms. The molecule has 1 N–H and O–H groups in total. The van der Waals surface area contributed by atoms with Gasteiger partial charge in [-0.15, -0.1) is 0 Å². The number of amides is 1. The molecule has 3 heterocycles. The van der Waals surface area contributed by atoms with Crippen LogP contribution in [0.3, 0.4) is 0 Å². The van der Waals surface area contributed by atoms with Crippen LogP contribution in [-0.2, 0) is 24.3 Å². The van der Waals surface area contributed by atoms with Crippen molar-refractivity contribution in [2.45, 2.75) is 76.9 Å². The second kappa shape index (κ2) is 12.3. The first-order valence-corrected chi connectivity index (χ1v) is 13.7. The van der Waals surface area contributed by atoms with E-state index in [1.165, 1.54) is 63.6 Å². The van der Waals surface area contributed by atoms with Crippen LogP contribution in [0.2, 0.25) is 0 Å². The minimum atomic E-state index is -0.0208. The van der Waals surface area contributed by atoms with Crippen LogP contribution >= 0.6 is 0 Å². The Morgan fingerprint density at radius 1 is 0.972 bits per heavy atom. The van der Waals surface area contributed by atoms with Crippen molar-refractivity contribution >= 4 is 11.6 Å². The van der Waals surface area contributed by atoms with Crippen molar-refractivity contribution in [1.82, 2.24) is 19.8 Å². The van der Waals surface area contributed by atoms with Crippen molar-refractivity contribution in [3.8, 4) is 0 Å². The number of carbonyl (C=O) groups is 1. The first-order valence-electron chi connectivity index (χ1n) is 13.7. The monoisotopic (exact) mass is 485 g/mol. The number of allylic oxidation sites excluding steroid dienone is 1. The van der Waals surface area contributed by atoms with Crippen LogP contribution in [0, 0.1) is 5.92 Å². The van der Waals surface area contributed by atoms with Crippen LogP contribution in [0.1, 0.15) is 68.3 Å². The van der Waals surface area contributed by atoms with E-state index >= 15 is 0 Å². The van der Waals surface area contributed by atoms with Gasteiger partial charge in [0.05, 0.1) is 6.54 Å². The molecule has 0 unspecified atom stereocenters. The number of imidazole rings is 1. The molecule has 2 aromatic rings. The summed E-state index contributed by atoms with van der Waals surface area (Å²) in [5.41, 5.74) is 3.13. The predicted molar refractivity (Wildman–Crippen MR) is 144 cm³/mol. The van der Waals surface area contributed by atoms with Gasteiger partial charge in [0.15, 0.2) is 0 Å². The summed E-state index contributed by atoms with van der Waals surface area (Å²) in [7, 11) is 0. The standard InChI is InChI=1S/C30H39N5O/c36-30(28-6-5-17-31-28)35(23-29-32-18-19-33-29)22-26-11-9-24(10-12-26)7-8-25-13-15-27(16-14-25)34-20-3-1-2-4-21-34/h1-2,5,9-12,17-19,25,27H,3-4,6-8,13-16,20-23H2,(H,32,33). The molecule has 1 aliphatic carbocycles. The molecular weight excluding hydrogens is 446 g/mol. The Morgan fingerprint density at radius 2 is 1.72 bits per heavy atom. The topological polar surface area (TPSA) is 64.6 Å². The minimum absolute atomic E-state index is 0.0208. The van der Waals surface area contributed by atoms with Gasteiger partial charge in [0.2, 0.25) is 0 Å². The minimum Gasteiger partial charge on any atom is -0.347 e. The third-order valence-corrected chi connectivity index (χ3v) is 7.98. The summed E-state index contributed by atoms with van der Waals surface area (Å²) >= 11 is 0. The highest BCUT2D eigenvalue weighted by Gasteiger charge is 2.26. The van der Waals surface area contributed by atoms with E-state index in [1.807, 2.05) is 11.0 Å². The molecule has 6 heteroatoms. The predicted octanol–water partition coefficient (Wildman–Crippen LogP) is 5.44. The zero-order valence-corrected chi connectivity index (χ0v) is 21.3.